The van der Waals surface area contributed by atoms with Crippen molar-refractivity contribution in [2.75, 3.05) is 19.6 Å². The van der Waals surface area contributed by atoms with Crippen LogP contribution in [0.2, 0.25) is 0 Å². The van der Waals surface area contributed by atoms with Gasteiger partial charge in [0.15, 0.2) is 0 Å². The molecule has 0 bridgehead atoms. The van der Waals surface area contributed by atoms with Crippen LogP contribution in [-0.4, -0.2) is 30.2 Å². The Morgan fingerprint density at radius 1 is 1.55 bits per heavy atom. The second-order valence-corrected chi connectivity index (χ2v) is 2.70. The fourth-order valence-corrected chi connectivity index (χ4v) is 1.17. The average molecular weight is 153 g/mol. The quantitative estimate of drug-likeness (QED) is 0.514. The SMILES string of the molecule is N#CCN1CCC(F)(C#N)C1. The largest absolute Gasteiger partial charge is 0.286 e. The van der Waals surface area contributed by atoms with Crippen LogP contribution in [0.3, 0.4) is 0 Å². The molecule has 0 saturated carbocycles. The van der Waals surface area contributed by atoms with Crippen LogP contribution in [0.1, 0.15) is 6.42 Å². The van der Waals surface area contributed by atoms with Gasteiger partial charge in [-0.1, -0.05) is 0 Å². The summed E-state index contributed by atoms with van der Waals surface area (Å²) in [5.74, 6) is 0. The molecule has 1 aliphatic rings. The van der Waals surface area contributed by atoms with Crippen molar-refractivity contribution >= 4 is 0 Å². The highest BCUT2D eigenvalue weighted by Gasteiger charge is 2.38. The second kappa shape index (κ2) is 2.86. The average Bonchev–Trinajstić information content (AvgIpc) is 2.35. The van der Waals surface area contributed by atoms with Gasteiger partial charge in [-0.15, -0.1) is 0 Å². The predicted octanol–water partition coefficient (Wildman–Crippen LogP) is 0.448. The molecule has 1 saturated heterocycles. The summed E-state index contributed by atoms with van der Waals surface area (Å²) < 4.78 is 13.1. The fraction of sp³-hybridized carbons (Fsp3) is 0.714. The highest BCUT2D eigenvalue weighted by atomic mass is 19.1. The van der Waals surface area contributed by atoms with Crippen LogP contribution in [0.25, 0.3) is 0 Å². The number of rotatable bonds is 1. The maximum atomic E-state index is 13.1. The molecule has 0 aromatic heterocycles. The van der Waals surface area contributed by atoms with E-state index < -0.39 is 5.67 Å². The molecular weight excluding hydrogens is 145 g/mol. The van der Waals surface area contributed by atoms with Crippen LogP contribution in [0, 0.1) is 22.7 Å². The van der Waals surface area contributed by atoms with Crippen molar-refractivity contribution in [1.29, 1.82) is 10.5 Å². The first-order valence-electron chi connectivity index (χ1n) is 3.40. The number of nitriles is 2. The third-order valence-corrected chi connectivity index (χ3v) is 1.79. The van der Waals surface area contributed by atoms with Crippen molar-refractivity contribution in [3.8, 4) is 12.1 Å². The van der Waals surface area contributed by atoms with Gasteiger partial charge in [0.1, 0.15) is 6.07 Å². The van der Waals surface area contributed by atoms with Crippen LogP contribution < -0.4 is 0 Å². The Kier molecular flexibility index (Phi) is 2.07. The molecule has 1 fully saturated rings. The number of hydrogen-bond donors (Lipinski definition) is 0. The lowest BCUT2D eigenvalue weighted by Gasteiger charge is -2.10. The summed E-state index contributed by atoms with van der Waals surface area (Å²) in [6, 6.07) is 3.53. The van der Waals surface area contributed by atoms with Crippen LogP contribution >= 0.6 is 0 Å². The third-order valence-electron chi connectivity index (χ3n) is 1.79. The molecule has 0 amide bonds. The van der Waals surface area contributed by atoms with E-state index in [1.807, 2.05) is 6.07 Å². The van der Waals surface area contributed by atoms with Crippen molar-refractivity contribution in [3.05, 3.63) is 0 Å². The fourth-order valence-electron chi connectivity index (χ4n) is 1.17. The molecule has 11 heavy (non-hydrogen) atoms. The van der Waals surface area contributed by atoms with Crippen molar-refractivity contribution in [2.45, 2.75) is 12.1 Å². The van der Waals surface area contributed by atoms with Gasteiger partial charge in [0.05, 0.1) is 12.6 Å². The lowest BCUT2D eigenvalue weighted by Crippen LogP contribution is -2.27. The number of likely N-dealkylation sites (tertiary alicyclic amines) is 1. The van der Waals surface area contributed by atoms with Crippen LogP contribution in [0.5, 0.6) is 0 Å². The minimum atomic E-state index is -1.71. The normalized spacial score (nSPS) is 31.2. The van der Waals surface area contributed by atoms with E-state index in [1.165, 1.54) is 0 Å². The van der Waals surface area contributed by atoms with Gasteiger partial charge in [-0.25, -0.2) is 4.39 Å². The van der Waals surface area contributed by atoms with Crippen LogP contribution in [0.4, 0.5) is 4.39 Å². The van der Waals surface area contributed by atoms with Crippen LogP contribution in [0.15, 0.2) is 0 Å². The second-order valence-electron chi connectivity index (χ2n) is 2.70. The Labute approximate surface area is 64.6 Å². The molecule has 1 rings (SSSR count). The Hall–Kier alpha value is -1.13. The summed E-state index contributed by atoms with van der Waals surface area (Å²) >= 11 is 0. The van der Waals surface area contributed by atoms with Gasteiger partial charge >= 0.3 is 0 Å². The molecule has 0 spiro atoms. The topological polar surface area (TPSA) is 50.8 Å². The van der Waals surface area contributed by atoms with E-state index in [0.717, 1.165) is 0 Å². The first kappa shape index (κ1) is 7.97. The van der Waals surface area contributed by atoms with Crippen molar-refractivity contribution in [1.82, 2.24) is 4.90 Å². The predicted molar refractivity (Wildman–Crippen MR) is 36.1 cm³/mol. The lowest BCUT2D eigenvalue weighted by atomic mass is 10.1. The van der Waals surface area contributed by atoms with E-state index in [2.05, 4.69) is 0 Å². The van der Waals surface area contributed by atoms with Gasteiger partial charge in [-0.05, 0) is 0 Å². The third kappa shape index (κ3) is 1.66. The molecule has 0 aromatic rings. The van der Waals surface area contributed by atoms with Crippen molar-refractivity contribution in [2.24, 2.45) is 0 Å². The van der Waals surface area contributed by atoms with Crippen molar-refractivity contribution < 1.29 is 4.39 Å². The zero-order valence-corrected chi connectivity index (χ0v) is 6.05. The number of nitrogens with zero attached hydrogens (tertiary/aromatic N) is 3. The maximum Gasteiger partial charge on any atom is 0.209 e. The summed E-state index contributed by atoms with van der Waals surface area (Å²) in [5, 5.41) is 16.6. The van der Waals surface area contributed by atoms with Gasteiger partial charge < -0.3 is 0 Å². The molecule has 1 atom stereocenters. The van der Waals surface area contributed by atoms with Gasteiger partial charge in [0.2, 0.25) is 5.67 Å². The lowest BCUT2D eigenvalue weighted by molar-refractivity contribution is 0.237. The standard InChI is InChI=1S/C7H8FN3/c8-7(5-10)1-3-11(6-7)4-2-9/h1,3-4,6H2. The number of hydrogen-bond acceptors (Lipinski definition) is 3. The van der Waals surface area contributed by atoms with E-state index in [4.69, 9.17) is 10.5 Å². The summed E-state index contributed by atoms with van der Waals surface area (Å²) in [6.45, 7) is 0.808. The van der Waals surface area contributed by atoms with E-state index >= 15 is 0 Å². The van der Waals surface area contributed by atoms with Gasteiger partial charge in [-0.2, -0.15) is 10.5 Å². The molecule has 0 aliphatic carbocycles. The molecule has 4 heteroatoms. The Morgan fingerprint density at radius 3 is 2.73 bits per heavy atom. The summed E-state index contributed by atoms with van der Waals surface area (Å²) in [7, 11) is 0. The summed E-state index contributed by atoms with van der Waals surface area (Å²) in [5.41, 5.74) is -1.71. The monoisotopic (exact) mass is 153 g/mol. The Balaban J connectivity index is 2.49. The van der Waals surface area contributed by atoms with E-state index in [0.29, 0.717) is 6.54 Å². The zero-order valence-electron chi connectivity index (χ0n) is 6.05. The van der Waals surface area contributed by atoms with Crippen molar-refractivity contribution in [3.63, 3.8) is 0 Å². The molecule has 0 radical (unpaired) electrons. The minimum Gasteiger partial charge on any atom is -0.286 e. The molecule has 3 nitrogen and oxygen atoms in total. The maximum absolute atomic E-state index is 13.1. The summed E-state index contributed by atoms with van der Waals surface area (Å²) in [6.07, 6.45) is 0.227. The first-order chi connectivity index (χ1) is 5.20. The number of alkyl halides is 1. The van der Waals surface area contributed by atoms with E-state index in [-0.39, 0.29) is 19.5 Å². The highest BCUT2D eigenvalue weighted by molar-refractivity contribution is 5.07. The van der Waals surface area contributed by atoms with Gasteiger partial charge in [0.25, 0.3) is 0 Å². The minimum absolute atomic E-state index is 0.0804. The van der Waals surface area contributed by atoms with Crippen LogP contribution in [-0.2, 0) is 0 Å². The zero-order chi connectivity index (χ0) is 8.32. The highest BCUT2D eigenvalue weighted by Crippen LogP contribution is 2.23. The summed E-state index contributed by atoms with van der Waals surface area (Å²) in [4.78, 5) is 1.64. The van der Waals surface area contributed by atoms with Gasteiger partial charge in [0, 0.05) is 19.5 Å². The molecule has 0 N–H and O–H groups in total. The number of halogens is 1. The smallest absolute Gasteiger partial charge is 0.209 e. The Bertz CT molecular complexity index is 227. The molecule has 1 unspecified atom stereocenters. The Morgan fingerprint density at radius 2 is 2.27 bits per heavy atom. The molecular formula is C7H8FN3. The van der Waals surface area contributed by atoms with E-state index in [1.54, 1.807) is 11.0 Å². The molecule has 0 aromatic carbocycles. The van der Waals surface area contributed by atoms with Gasteiger partial charge in [-0.3, -0.25) is 4.90 Å². The first-order valence-corrected chi connectivity index (χ1v) is 3.40. The molecule has 1 aliphatic heterocycles. The molecule has 58 valence electrons. The molecule has 1 heterocycles. The van der Waals surface area contributed by atoms with E-state index in [9.17, 15) is 4.39 Å².